The maximum Gasteiger partial charge on any atom is 0.417 e. The molecular formula is C6H12N2O3. The van der Waals surface area contributed by atoms with E-state index in [0.717, 1.165) is 4.90 Å². The lowest BCUT2D eigenvalue weighted by Crippen LogP contribution is -2.40. The monoisotopic (exact) mass is 160 g/mol. The second-order valence-corrected chi connectivity index (χ2v) is 1.86. The van der Waals surface area contributed by atoms with Gasteiger partial charge in [-0.15, -0.1) is 0 Å². The molecular weight excluding hydrogens is 148 g/mol. The highest BCUT2D eigenvalue weighted by Gasteiger charge is 2.14. The van der Waals surface area contributed by atoms with Gasteiger partial charge in [0, 0.05) is 13.6 Å². The number of ether oxygens (including phenoxy) is 1. The van der Waals surface area contributed by atoms with Crippen molar-refractivity contribution in [3.63, 3.8) is 0 Å². The average Bonchev–Trinajstić information content (AvgIpc) is 2.02. The molecule has 0 heterocycles. The van der Waals surface area contributed by atoms with Crippen LogP contribution in [0.25, 0.3) is 0 Å². The van der Waals surface area contributed by atoms with Crippen LogP contribution in [-0.4, -0.2) is 37.7 Å². The Morgan fingerprint density at radius 2 is 2.09 bits per heavy atom. The van der Waals surface area contributed by atoms with Crippen LogP contribution in [-0.2, 0) is 4.74 Å². The first kappa shape index (κ1) is 9.74. The number of carbonyl (C=O) groups excluding carboxylic acids is 2. The maximum atomic E-state index is 10.9. The van der Waals surface area contributed by atoms with Crippen molar-refractivity contribution >= 4 is 12.1 Å². The standard InChI is InChI=1S/C6H12N2O3/c1-4-7-5(9)8(2)6(10)11-3/h4H2,1-3H3,(H,7,9). The van der Waals surface area contributed by atoms with E-state index in [1.807, 2.05) is 0 Å². The predicted octanol–water partition coefficient (Wildman–Crippen LogP) is 0.414. The Balaban J connectivity index is 3.91. The Kier molecular flexibility index (Phi) is 4.02. The lowest BCUT2D eigenvalue weighted by atomic mass is 10.7. The van der Waals surface area contributed by atoms with Gasteiger partial charge in [-0.05, 0) is 6.92 Å². The fraction of sp³-hybridized carbons (Fsp3) is 0.667. The third-order valence-corrected chi connectivity index (χ3v) is 1.08. The van der Waals surface area contributed by atoms with E-state index in [9.17, 15) is 9.59 Å². The summed E-state index contributed by atoms with van der Waals surface area (Å²) in [6.45, 7) is 2.25. The molecule has 0 aromatic heterocycles. The number of nitrogens with zero attached hydrogens (tertiary/aromatic N) is 1. The lowest BCUT2D eigenvalue weighted by Gasteiger charge is -2.13. The van der Waals surface area contributed by atoms with Gasteiger partial charge in [-0.1, -0.05) is 0 Å². The molecule has 0 rings (SSSR count). The number of hydrogen-bond acceptors (Lipinski definition) is 3. The molecule has 0 spiro atoms. The molecule has 11 heavy (non-hydrogen) atoms. The summed E-state index contributed by atoms with van der Waals surface area (Å²) in [6.07, 6.45) is -0.670. The molecule has 1 N–H and O–H groups in total. The van der Waals surface area contributed by atoms with Gasteiger partial charge in [0.1, 0.15) is 0 Å². The normalized spacial score (nSPS) is 8.64. The quantitative estimate of drug-likeness (QED) is 0.604. The molecule has 3 amide bonds. The van der Waals surface area contributed by atoms with Gasteiger partial charge in [0.15, 0.2) is 0 Å². The highest BCUT2D eigenvalue weighted by molar-refractivity contribution is 5.90. The average molecular weight is 160 g/mol. The zero-order valence-electron chi connectivity index (χ0n) is 6.88. The van der Waals surface area contributed by atoms with Crippen molar-refractivity contribution in [2.75, 3.05) is 20.7 Å². The molecule has 5 nitrogen and oxygen atoms in total. The van der Waals surface area contributed by atoms with E-state index in [-0.39, 0.29) is 0 Å². The second-order valence-electron chi connectivity index (χ2n) is 1.86. The number of urea groups is 1. The van der Waals surface area contributed by atoms with Crippen molar-refractivity contribution in [3.05, 3.63) is 0 Å². The van der Waals surface area contributed by atoms with E-state index < -0.39 is 12.1 Å². The van der Waals surface area contributed by atoms with Crippen LogP contribution in [0, 0.1) is 0 Å². The second kappa shape index (κ2) is 4.54. The molecule has 0 unspecified atom stereocenters. The molecule has 0 aromatic carbocycles. The van der Waals surface area contributed by atoms with E-state index in [1.54, 1.807) is 6.92 Å². The highest BCUT2D eigenvalue weighted by Crippen LogP contribution is 1.87. The van der Waals surface area contributed by atoms with Crippen LogP contribution in [0.5, 0.6) is 0 Å². The molecule has 0 aliphatic rings. The summed E-state index contributed by atoms with van der Waals surface area (Å²) in [7, 11) is 2.56. The van der Waals surface area contributed by atoms with Crippen molar-refractivity contribution in [1.29, 1.82) is 0 Å². The molecule has 0 aliphatic heterocycles. The first-order valence-corrected chi connectivity index (χ1v) is 3.23. The summed E-state index contributed by atoms with van der Waals surface area (Å²) < 4.78 is 4.31. The smallest absolute Gasteiger partial charge is 0.417 e. The zero-order chi connectivity index (χ0) is 8.85. The van der Waals surface area contributed by atoms with Crippen molar-refractivity contribution < 1.29 is 14.3 Å². The van der Waals surface area contributed by atoms with Gasteiger partial charge in [-0.25, -0.2) is 14.5 Å². The van der Waals surface area contributed by atoms with Gasteiger partial charge >= 0.3 is 12.1 Å². The lowest BCUT2D eigenvalue weighted by molar-refractivity contribution is 0.137. The molecule has 64 valence electrons. The van der Waals surface area contributed by atoms with Crippen LogP contribution in [0.2, 0.25) is 0 Å². The molecule has 0 saturated carbocycles. The van der Waals surface area contributed by atoms with Crippen LogP contribution in [0.1, 0.15) is 6.92 Å². The fourth-order valence-corrected chi connectivity index (χ4v) is 0.490. The van der Waals surface area contributed by atoms with E-state index in [0.29, 0.717) is 6.54 Å². The number of nitrogens with one attached hydrogen (secondary N) is 1. The minimum atomic E-state index is -0.670. The van der Waals surface area contributed by atoms with Gasteiger partial charge in [0.25, 0.3) is 0 Å². The summed E-state index contributed by atoms with van der Waals surface area (Å²) in [5.74, 6) is 0. The van der Waals surface area contributed by atoms with Gasteiger partial charge in [-0.2, -0.15) is 0 Å². The minimum Gasteiger partial charge on any atom is -0.452 e. The van der Waals surface area contributed by atoms with E-state index in [2.05, 4.69) is 10.1 Å². The molecule has 0 atom stereocenters. The predicted molar refractivity (Wildman–Crippen MR) is 39.2 cm³/mol. The Morgan fingerprint density at radius 3 is 2.45 bits per heavy atom. The van der Waals surface area contributed by atoms with Gasteiger partial charge in [0.05, 0.1) is 7.11 Å². The fourth-order valence-electron chi connectivity index (χ4n) is 0.490. The third kappa shape index (κ3) is 2.88. The van der Waals surface area contributed by atoms with Crippen molar-refractivity contribution in [1.82, 2.24) is 10.2 Å². The molecule has 0 saturated heterocycles. The van der Waals surface area contributed by atoms with Crippen LogP contribution >= 0.6 is 0 Å². The summed E-state index contributed by atoms with van der Waals surface area (Å²) in [5.41, 5.74) is 0. The number of imide groups is 1. The molecule has 0 bridgehead atoms. The van der Waals surface area contributed by atoms with Crippen LogP contribution in [0.4, 0.5) is 9.59 Å². The Morgan fingerprint density at radius 1 is 1.55 bits per heavy atom. The number of rotatable bonds is 1. The number of methoxy groups -OCH3 is 1. The van der Waals surface area contributed by atoms with E-state index in [4.69, 9.17) is 0 Å². The van der Waals surface area contributed by atoms with Crippen LogP contribution in [0.15, 0.2) is 0 Å². The van der Waals surface area contributed by atoms with Crippen molar-refractivity contribution in [3.8, 4) is 0 Å². The first-order chi connectivity index (χ1) is 5.13. The van der Waals surface area contributed by atoms with Crippen LogP contribution < -0.4 is 5.32 Å². The maximum absolute atomic E-state index is 10.9. The zero-order valence-corrected chi connectivity index (χ0v) is 6.88. The van der Waals surface area contributed by atoms with Gasteiger partial charge < -0.3 is 10.1 Å². The number of amides is 3. The van der Waals surface area contributed by atoms with Crippen LogP contribution in [0.3, 0.4) is 0 Å². The van der Waals surface area contributed by atoms with Gasteiger partial charge in [-0.3, -0.25) is 0 Å². The number of hydrogen-bond donors (Lipinski definition) is 1. The summed E-state index contributed by atoms with van der Waals surface area (Å²) in [4.78, 5) is 22.4. The molecule has 0 aliphatic carbocycles. The van der Waals surface area contributed by atoms with E-state index >= 15 is 0 Å². The van der Waals surface area contributed by atoms with Crippen molar-refractivity contribution in [2.24, 2.45) is 0 Å². The minimum absolute atomic E-state index is 0.459. The summed E-state index contributed by atoms with van der Waals surface area (Å²) in [5, 5.41) is 2.45. The SMILES string of the molecule is CCNC(=O)N(C)C(=O)OC. The summed E-state index contributed by atoms with van der Waals surface area (Å²) in [6, 6.07) is -0.459. The van der Waals surface area contributed by atoms with Gasteiger partial charge in [0.2, 0.25) is 0 Å². The van der Waals surface area contributed by atoms with Crippen molar-refractivity contribution in [2.45, 2.75) is 6.92 Å². The topological polar surface area (TPSA) is 58.6 Å². The molecule has 0 fully saturated rings. The number of carbonyl (C=O) groups is 2. The molecule has 0 radical (unpaired) electrons. The molecule has 0 aromatic rings. The highest BCUT2D eigenvalue weighted by atomic mass is 16.5. The first-order valence-electron chi connectivity index (χ1n) is 3.23. The summed E-state index contributed by atoms with van der Waals surface area (Å²) >= 11 is 0. The Hall–Kier alpha value is -1.26. The largest absolute Gasteiger partial charge is 0.452 e. The third-order valence-electron chi connectivity index (χ3n) is 1.08. The Bertz CT molecular complexity index is 158. The van der Waals surface area contributed by atoms with E-state index in [1.165, 1.54) is 14.2 Å². The molecule has 5 heteroatoms. The Labute approximate surface area is 65.3 Å².